The number of ether oxygens (including phenoxy) is 1. The van der Waals surface area contributed by atoms with Gasteiger partial charge in [0, 0.05) is 5.56 Å². The van der Waals surface area contributed by atoms with Crippen LogP contribution in [0, 0.1) is 13.8 Å². The topological polar surface area (TPSA) is 46.5 Å². The highest BCUT2D eigenvalue weighted by molar-refractivity contribution is 5.85. The van der Waals surface area contributed by atoms with Gasteiger partial charge >= 0.3 is 5.97 Å². The highest BCUT2D eigenvalue weighted by Crippen LogP contribution is 2.51. The van der Waals surface area contributed by atoms with Crippen LogP contribution in [0.15, 0.2) is 0 Å². The van der Waals surface area contributed by atoms with Gasteiger partial charge in [-0.1, -0.05) is 6.42 Å². The fourth-order valence-corrected chi connectivity index (χ4v) is 4.31. The molecule has 21 heavy (non-hydrogen) atoms. The molecule has 0 aromatic heterocycles. The fourth-order valence-electron chi connectivity index (χ4n) is 4.31. The third kappa shape index (κ3) is 1.90. The second kappa shape index (κ2) is 5.04. The minimum atomic E-state index is -0.716. The predicted molar refractivity (Wildman–Crippen MR) is 82.3 cm³/mol. The van der Waals surface area contributed by atoms with Gasteiger partial charge < -0.3 is 9.84 Å². The number of carboxylic acids is 1. The van der Waals surface area contributed by atoms with Crippen LogP contribution in [0.1, 0.15) is 59.9 Å². The molecule has 0 amide bonds. The van der Waals surface area contributed by atoms with E-state index in [4.69, 9.17) is 4.74 Å². The van der Waals surface area contributed by atoms with Gasteiger partial charge in [0.1, 0.15) is 5.75 Å². The molecule has 0 unspecified atom stereocenters. The number of hydrogen-bond donors (Lipinski definition) is 1. The summed E-state index contributed by atoms with van der Waals surface area (Å²) in [6, 6.07) is 0. The summed E-state index contributed by atoms with van der Waals surface area (Å²) in [5, 5.41) is 9.82. The molecule has 1 saturated carbocycles. The van der Waals surface area contributed by atoms with Crippen LogP contribution < -0.4 is 4.74 Å². The maximum atomic E-state index is 11.9. The molecule has 1 fully saturated rings. The third-order valence-corrected chi connectivity index (χ3v) is 5.61. The Bertz CT molecular complexity index is 597. The van der Waals surface area contributed by atoms with Crippen molar-refractivity contribution in [3.05, 3.63) is 27.8 Å². The third-order valence-electron chi connectivity index (χ3n) is 5.61. The molecule has 0 heterocycles. The minimum Gasteiger partial charge on any atom is -0.496 e. The predicted octanol–water partition coefficient (Wildman–Crippen LogP) is 3.70. The van der Waals surface area contributed by atoms with Gasteiger partial charge in [-0.3, -0.25) is 4.79 Å². The zero-order valence-electron chi connectivity index (χ0n) is 13.2. The number of aliphatic carboxylic acids is 1. The Morgan fingerprint density at radius 1 is 1.05 bits per heavy atom. The molecular formula is C18H24O3. The van der Waals surface area contributed by atoms with Gasteiger partial charge in [-0.2, -0.15) is 0 Å². The van der Waals surface area contributed by atoms with Crippen LogP contribution in [-0.4, -0.2) is 18.2 Å². The Morgan fingerprint density at radius 2 is 1.62 bits per heavy atom. The fraction of sp³-hybridized carbons (Fsp3) is 0.611. The van der Waals surface area contributed by atoms with E-state index in [9.17, 15) is 9.90 Å². The quantitative estimate of drug-likeness (QED) is 0.922. The number of carboxylic acid groups (broad SMARTS) is 1. The van der Waals surface area contributed by atoms with E-state index in [0.29, 0.717) is 0 Å². The van der Waals surface area contributed by atoms with Crippen LogP contribution in [0.5, 0.6) is 5.75 Å². The lowest BCUT2D eigenvalue weighted by atomic mass is 9.61. The summed E-state index contributed by atoms with van der Waals surface area (Å²) in [6.45, 7) is 4.20. The molecule has 0 spiro atoms. The second-order valence-electron chi connectivity index (χ2n) is 6.56. The van der Waals surface area contributed by atoms with E-state index in [1.54, 1.807) is 7.11 Å². The first-order valence-corrected chi connectivity index (χ1v) is 7.95. The SMILES string of the molecule is COc1c(C)c2c(c(C)c1C1(C(=O)O)CCC1)CCCC2. The van der Waals surface area contributed by atoms with Crippen molar-refractivity contribution in [1.29, 1.82) is 0 Å². The van der Waals surface area contributed by atoms with E-state index in [-0.39, 0.29) is 0 Å². The molecule has 0 aliphatic heterocycles. The Morgan fingerprint density at radius 3 is 2.05 bits per heavy atom. The van der Waals surface area contributed by atoms with Crippen molar-refractivity contribution in [2.45, 2.75) is 64.2 Å². The Hall–Kier alpha value is -1.51. The average molecular weight is 288 g/mol. The van der Waals surface area contributed by atoms with Crippen molar-refractivity contribution >= 4 is 5.97 Å². The van der Waals surface area contributed by atoms with Crippen molar-refractivity contribution in [1.82, 2.24) is 0 Å². The van der Waals surface area contributed by atoms with Gasteiger partial charge in [0.15, 0.2) is 0 Å². The van der Waals surface area contributed by atoms with Gasteiger partial charge in [-0.25, -0.2) is 0 Å². The van der Waals surface area contributed by atoms with E-state index in [1.165, 1.54) is 35.1 Å². The first-order chi connectivity index (χ1) is 10.0. The van der Waals surface area contributed by atoms with E-state index in [1.807, 2.05) is 0 Å². The van der Waals surface area contributed by atoms with E-state index >= 15 is 0 Å². The maximum Gasteiger partial charge on any atom is 0.314 e. The normalized spacial score (nSPS) is 19.6. The molecule has 1 N–H and O–H groups in total. The summed E-state index contributed by atoms with van der Waals surface area (Å²) in [6.07, 6.45) is 7.06. The minimum absolute atomic E-state index is 0.690. The zero-order valence-corrected chi connectivity index (χ0v) is 13.2. The molecule has 2 aliphatic carbocycles. The van der Waals surface area contributed by atoms with Gasteiger partial charge in [-0.05, 0) is 74.6 Å². The molecule has 2 aliphatic rings. The summed E-state index contributed by atoms with van der Waals surface area (Å²) < 4.78 is 5.69. The van der Waals surface area contributed by atoms with Gasteiger partial charge in [0.05, 0.1) is 12.5 Å². The van der Waals surface area contributed by atoms with Crippen LogP contribution in [0.25, 0.3) is 0 Å². The summed E-state index contributed by atoms with van der Waals surface area (Å²) in [5.41, 5.74) is 5.38. The largest absolute Gasteiger partial charge is 0.496 e. The molecule has 0 radical (unpaired) electrons. The lowest BCUT2D eigenvalue weighted by Gasteiger charge is -2.41. The lowest BCUT2D eigenvalue weighted by Crippen LogP contribution is -2.43. The molecule has 3 rings (SSSR count). The number of rotatable bonds is 3. The zero-order chi connectivity index (χ0) is 15.2. The van der Waals surface area contributed by atoms with E-state index in [0.717, 1.165) is 43.4 Å². The molecule has 0 saturated heterocycles. The van der Waals surface area contributed by atoms with E-state index < -0.39 is 11.4 Å². The van der Waals surface area contributed by atoms with Crippen LogP contribution in [0.4, 0.5) is 0 Å². The molecule has 0 atom stereocenters. The maximum absolute atomic E-state index is 11.9. The molecule has 3 nitrogen and oxygen atoms in total. The van der Waals surface area contributed by atoms with Crippen molar-refractivity contribution in [2.24, 2.45) is 0 Å². The highest BCUT2D eigenvalue weighted by Gasteiger charge is 2.49. The van der Waals surface area contributed by atoms with Crippen LogP contribution in [0.2, 0.25) is 0 Å². The first-order valence-electron chi connectivity index (χ1n) is 7.95. The summed E-state index contributed by atoms with van der Waals surface area (Å²) in [4.78, 5) is 11.9. The lowest BCUT2D eigenvalue weighted by molar-refractivity contribution is -0.147. The van der Waals surface area contributed by atoms with Crippen molar-refractivity contribution in [2.75, 3.05) is 7.11 Å². The molecule has 3 heteroatoms. The second-order valence-corrected chi connectivity index (χ2v) is 6.56. The monoisotopic (exact) mass is 288 g/mol. The van der Waals surface area contributed by atoms with Crippen LogP contribution in [0.3, 0.4) is 0 Å². The number of hydrogen-bond acceptors (Lipinski definition) is 2. The smallest absolute Gasteiger partial charge is 0.314 e. The summed E-state index contributed by atoms with van der Waals surface area (Å²) in [7, 11) is 1.68. The molecule has 0 bridgehead atoms. The standard InChI is InChI=1S/C18H24O3/c1-11-13-7-4-5-8-14(13)12(2)16(21-3)15(11)18(17(19)20)9-6-10-18/h4-10H2,1-3H3,(H,19,20). The molecule has 1 aromatic carbocycles. The molecule has 1 aromatic rings. The van der Waals surface area contributed by atoms with Crippen LogP contribution in [-0.2, 0) is 23.1 Å². The van der Waals surface area contributed by atoms with Crippen LogP contribution >= 0.6 is 0 Å². The van der Waals surface area contributed by atoms with Gasteiger partial charge in [-0.15, -0.1) is 0 Å². The van der Waals surface area contributed by atoms with Gasteiger partial charge in [0.2, 0.25) is 0 Å². The van der Waals surface area contributed by atoms with E-state index in [2.05, 4.69) is 13.8 Å². The van der Waals surface area contributed by atoms with Crippen molar-refractivity contribution in [3.63, 3.8) is 0 Å². The Labute approximate surface area is 126 Å². The number of methoxy groups -OCH3 is 1. The average Bonchev–Trinajstić information content (AvgIpc) is 2.43. The molecule has 114 valence electrons. The van der Waals surface area contributed by atoms with Crippen molar-refractivity contribution < 1.29 is 14.6 Å². The number of carbonyl (C=O) groups is 1. The summed E-state index contributed by atoms with van der Waals surface area (Å²) in [5.74, 6) is 0.139. The Balaban J connectivity index is 2.29. The highest BCUT2D eigenvalue weighted by atomic mass is 16.5. The number of benzene rings is 1. The van der Waals surface area contributed by atoms with Crippen molar-refractivity contribution in [3.8, 4) is 5.75 Å². The Kier molecular flexibility index (Phi) is 3.46. The van der Waals surface area contributed by atoms with Gasteiger partial charge in [0.25, 0.3) is 0 Å². The number of fused-ring (bicyclic) bond motifs is 1. The molecular weight excluding hydrogens is 264 g/mol. The summed E-state index contributed by atoms with van der Waals surface area (Å²) >= 11 is 0. The first kappa shape index (κ1) is 14.4.